The Labute approximate surface area is 100 Å². The zero-order chi connectivity index (χ0) is 12.3. The maximum Gasteiger partial charge on any atom is 0.313 e. The normalized spacial score (nSPS) is 11.8. The van der Waals surface area contributed by atoms with Crippen molar-refractivity contribution in [1.29, 1.82) is 0 Å². The molecule has 0 saturated heterocycles. The number of nitrogens with zero attached hydrogens (tertiary/aromatic N) is 2. The number of aliphatic carboxylic acids is 1. The van der Waals surface area contributed by atoms with Crippen LogP contribution in [0.3, 0.4) is 0 Å². The number of rotatable bonds is 4. The number of carboxylic acid groups (broad SMARTS) is 1. The Bertz CT molecular complexity index is 380. The monoisotopic (exact) mass is 242 g/mol. The molecular weight excluding hydrogens is 224 g/mol. The lowest BCUT2D eigenvalue weighted by Gasteiger charge is -2.25. The van der Waals surface area contributed by atoms with Gasteiger partial charge in [-0.25, -0.2) is 4.98 Å². The summed E-state index contributed by atoms with van der Waals surface area (Å²) in [5.74, 6) is -0.762. The van der Waals surface area contributed by atoms with Crippen LogP contribution in [0.25, 0.3) is 0 Å². The van der Waals surface area contributed by atoms with Gasteiger partial charge in [-0.1, -0.05) is 18.7 Å². The highest BCUT2D eigenvalue weighted by Gasteiger charge is 2.21. The minimum atomic E-state index is -0.813. The van der Waals surface area contributed by atoms with E-state index in [4.69, 9.17) is 5.11 Å². The van der Waals surface area contributed by atoms with Gasteiger partial charge in [-0.3, -0.25) is 4.79 Å². The third kappa shape index (κ3) is 3.01. The summed E-state index contributed by atoms with van der Waals surface area (Å²) < 4.78 is 2.11. The molecule has 1 heterocycles. The van der Waals surface area contributed by atoms with Crippen molar-refractivity contribution in [3.8, 4) is 0 Å². The third-order valence-corrected chi connectivity index (χ3v) is 3.10. The van der Waals surface area contributed by atoms with Crippen LogP contribution >= 0.6 is 11.8 Å². The van der Waals surface area contributed by atoms with Crippen LogP contribution in [0, 0.1) is 0 Å². The van der Waals surface area contributed by atoms with Gasteiger partial charge < -0.3 is 9.67 Å². The molecule has 90 valence electrons. The second-order valence-corrected chi connectivity index (χ2v) is 5.52. The molecule has 1 N–H and O–H groups in total. The summed E-state index contributed by atoms with van der Waals surface area (Å²) in [6.07, 6.45) is 2.73. The van der Waals surface area contributed by atoms with Crippen LogP contribution in [0.4, 0.5) is 0 Å². The highest BCUT2D eigenvalue weighted by atomic mass is 32.2. The Morgan fingerprint density at radius 1 is 1.56 bits per heavy atom. The zero-order valence-corrected chi connectivity index (χ0v) is 11.0. The molecule has 1 aromatic heterocycles. The van der Waals surface area contributed by atoms with Gasteiger partial charge >= 0.3 is 5.97 Å². The molecule has 1 aromatic rings. The van der Waals surface area contributed by atoms with Gasteiger partial charge in [0.2, 0.25) is 0 Å². The lowest BCUT2D eigenvalue weighted by molar-refractivity contribution is -0.133. The first-order valence-corrected chi connectivity index (χ1v) is 6.26. The third-order valence-electron chi connectivity index (χ3n) is 2.16. The highest BCUT2D eigenvalue weighted by Crippen LogP contribution is 2.26. The van der Waals surface area contributed by atoms with Gasteiger partial charge in [0.15, 0.2) is 5.16 Å². The maximum atomic E-state index is 10.6. The number of hydrogen-bond acceptors (Lipinski definition) is 3. The predicted octanol–water partition coefficient (Wildman–Crippen LogP) is 2.38. The van der Waals surface area contributed by atoms with Gasteiger partial charge in [0, 0.05) is 17.4 Å². The molecule has 0 amide bonds. The molecule has 0 saturated carbocycles. The lowest BCUT2D eigenvalue weighted by atomic mass is 10.1. The van der Waals surface area contributed by atoms with E-state index in [1.165, 1.54) is 11.8 Å². The maximum absolute atomic E-state index is 10.6. The van der Waals surface area contributed by atoms with Crippen LogP contribution in [0.5, 0.6) is 0 Å². The smallest absolute Gasteiger partial charge is 0.313 e. The quantitative estimate of drug-likeness (QED) is 0.824. The minimum absolute atomic E-state index is 0.0518. The van der Waals surface area contributed by atoms with E-state index < -0.39 is 5.97 Å². The van der Waals surface area contributed by atoms with Gasteiger partial charge in [-0.2, -0.15) is 0 Å². The lowest BCUT2D eigenvalue weighted by Crippen LogP contribution is -2.24. The van der Waals surface area contributed by atoms with Gasteiger partial charge in [0.05, 0.1) is 5.75 Å². The number of imidazole rings is 1. The molecule has 0 bridgehead atoms. The SMILES string of the molecule is CCc1cnc(SCC(=O)O)n1C(C)(C)C. The summed E-state index contributed by atoms with van der Waals surface area (Å²) in [6, 6.07) is 0. The Kier molecular flexibility index (Phi) is 4.02. The van der Waals surface area contributed by atoms with E-state index >= 15 is 0 Å². The Morgan fingerprint density at radius 3 is 2.62 bits per heavy atom. The topological polar surface area (TPSA) is 55.1 Å². The Morgan fingerprint density at radius 2 is 2.19 bits per heavy atom. The van der Waals surface area contributed by atoms with Crippen LogP contribution in [-0.4, -0.2) is 26.4 Å². The fourth-order valence-corrected chi connectivity index (χ4v) is 2.46. The number of hydrogen-bond donors (Lipinski definition) is 1. The van der Waals surface area contributed by atoms with Crippen molar-refractivity contribution < 1.29 is 9.90 Å². The average Bonchev–Trinajstić information content (AvgIpc) is 2.56. The van der Waals surface area contributed by atoms with E-state index in [1.54, 1.807) is 0 Å². The molecule has 0 aliphatic rings. The number of thioether (sulfide) groups is 1. The second-order valence-electron chi connectivity index (χ2n) is 4.57. The molecule has 0 unspecified atom stereocenters. The van der Waals surface area contributed by atoms with Crippen molar-refractivity contribution in [2.75, 3.05) is 5.75 Å². The van der Waals surface area contributed by atoms with E-state index in [1.807, 2.05) is 6.20 Å². The molecule has 0 fully saturated rings. The molecule has 0 aliphatic carbocycles. The summed E-state index contributed by atoms with van der Waals surface area (Å²) in [5.41, 5.74) is 1.07. The zero-order valence-electron chi connectivity index (χ0n) is 10.1. The van der Waals surface area contributed by atoms with E-state index in [-0.39, 0.29) is 11.3 Å². The summed E-state index contributed by atoms with van der Waals surface area (Å²) in [5, 5.41) is 9.46. The highest BCUT2D eigenvalue weighted by molar-refractivity contribution is 7.99. The largest absolute Gasteiger partial charge is 0.481 e. The minimum Gasteiger partial charge on any atom is -0.481 e. The first kappa shape index (κ1) is 13.1. The van der Waals surface area contributed by atoms with Gasteiger partial charge in [-0.15, -0.1) is 0 Å². The summed E-state index contributed by atoms with van der Waals surface area (Å²) in [7, 11) is 0. The molecule has 0 atom stereocenters. The molecule has 16 heavy (non-hydrogen) atoms. The Hall–Kier alpha value is -0.970. The first-order valence-electron chi connectivity index (χ1n) is 5.28. The van der Waals surface area contributed by atoms with Crippen LogP contribution in [0.2, 0.25) is 0 Å². The Balaban J connectivity index is 3.01. The molecular formula is C11H18N2O2S. The molecule has 0 radical (unpaired) electrons. The van der Waals surface area contributed by atoms with Gasteiger partial charge in [0.25, 0.3) is 0 Å². The van der Waals surface area contributed by atoms with Crippen molar-refractivity contribution in [2.45, 2.75) is 44.8 Å². The summed E-state index contributed by atoms with van der Waals surface area (Å²) in [4.78, 5) is 14.8. The van der Waals surface area contributed by atoms with Crippen molar-refractivity contribution in [2.24, 2.45) is 0 Å². The molecule has 0 spiro atoms. The van der Waals surface area contributed by atoms with Crippen LogP contribution < -0.4 is 0 Å². The van der Waals surface area contributed by atoms with E-state index in [0.29, 0.717) is 0 Å². The van der Waals surface area contributed by atoms with E-state index in [0.717, 1.165) is 17.3 Å². The van der Waals surface area contributed by atoms with Gasteiger partial charge in [-0.05, 0) is 27.2 Å². The molecule has 0 aromatic carbocycles. The van der Waals surface area contributed by atoms with Crippen molar-refractivity contribution in [1.82, 2.24) is 9.55 Å². The fraction of sp³-hybridized carbons (Fsp3) is 0.636. The number of aryl methyl sites for hydroxylation is 1. The molecule has 0 aliphatic heterocycles. The van der Waals surface area contributed by atoms with Crippen molar-refractivity contribution in [3.05, 3.63) is 11.9 Å². The van der Waals surface area contributed by atoms with Crippen LogP contribution in [0.1, 0.15) is 33.4 Å². The number of carbonyl (C=O) groups is 1. The van der Waals surface area contributed by atoms with Crippen molar-refractivity contribution >= 4 is 17.7 Å². The van der Waals surface area contributed by atoms with Gasteiger partial charge in [0.1, 0.15) is 0 Å². The van der Waals surface area contributed by atoms with Crippen LogP contribution in [-0.2, 0) is 16.8 Å². The van der Waals surface area contributed by atoms with E-state index in [2.05, 4.69) is 37.2 Å². The number of aromatic nitrogens is 2. The predicted molar refractivity (Wildman–Crippen MR) is 65.0 cm³/mol. The second kappa shape index (κ2) is 4.91. The standard InChI is InChI=1S/C11H18N2O2S/c1-5-8-6-12-10(16-7-9(14)15)13(8)11(2,3)4/h6H,5,7H2,1-4H3,(H,14,15). The fourth-order valence-electron chi connectivity index (χ4n) is 1.56. The molecule has 5 heteroatoms. The summed E-state index contributed by atoms with van der Waals surface area (Å²) in [6.45, 7) is 8.36. The van der Waals surface area contributed by atoms with E-state index in [9.17, 15) is 4.79 Å². The molecule has 4 nitrogen and oxygen atoms in total. The average molecular weight is 242 g/mol. The summed E-state index contributed by atoms with van der Waals surface area (Å²) >= 11 is 1.27. The first-order chi connectivity index (χ1) is 7.36. The number of carboxylic acids is 1. The van der Waals surface area contributed by atoms with Crippen LogP contribution in [0.15, 0.2) is 11.4 Å². The van der Waals surface area contributed by atoms with Crippen molar-refractivity contribution in [3.63, 3.8) is 0 Å². The molecule has 1 rings (SSSR count).